The molecule has 1 aromatic heterocycles. The van der Waals surface area contributed by atoms with Gasteiger partial charge in [0.2, 0.25) is 0 Å². The molecule has 0 spiro atoms. The Morgan fingerprint density at radius 2 is 2.00 bits per heavy atom. The number of carbonyl (C=O) groups is 1. The van der Waals surface area contributed by atoms with Crippen LogP contribution < -0.4 is 4.90 Å². The lowest BCUT2D eigenvalue weighted by Gasteiger charge is -2.33. The van der Waals surface area contributed by atoms with E-state index in [1.54, 1.807) is 18.2 Å². The molecule has 1 atom stereocenters. The second-order valence-electron chi connectivity index (χ2n) is 6.02. The Hall–Kier alpha value is -2.47. The summed E-state index contributed by atoms with van der Waals surface area (Å²) in [5.74, 6) is -0.837. The van der Waals surface area contributed by atoms with Gasteiger partial charge in [0.05, 0.1) is 5.69 Å². The molecule has 126 valence electrons. The number of aliphatic hydroxyl groups is 1. The molecular weight excluding hydrogens is 311 g/mol. The summed E-state index contributed by atoms with van der Waals surface area (Å²) < 4.78 is 13.1. The van der Waals surface area contributed by atoms with Gasteiger partial charge in [-0.25, -0.2) is 14.2 Å². The van der Waals surface area contributed by atoms with Gasteiger partial charge in [-0.3, -0.25) is 0 Å². The summed E-state index contributed by atoms with van der Waals surface area (Å²) in [5.41, 5.74) is 1.46. The second kappa shape index (κ2) is 6.97. The van der Waals surface area contributed by atoms with Crippen LogP contribution in [0.1, 0.15) is 23.2 Å². The summed E-state index contributed by atoms with van der Waals surface area (Å²) in [6, 6.07) is 9.11. The number of nitrogens with zero attached hydrogens (tertiary/aromatic N) is 2. The van der Waals surface area contributed by atoms with E-state index < -0.39 is 5.97 Å². The Labute approximate surface area is 139 Å². The maximum absolute atomic E-state index is 13.1. The number of hydrogen-bond donors (Lipinski definition) is 2. The molecule has 2 aromatic rings. The fourth-order valence-electron chi connectivity index (χ4n) is 3.04. The zero-order chi connectivity index (χ0) is 17.1. The number of rotatable bonds is 4. The van der Waals surface area contributed by atoms with Crippen LogP contribution in [0.2, 0.25) is 0 Å². The molecule has 1 aliphatic heterocycles. The van der Waals surface area contributed by atoms with Crippen LogP contribution in [0.4, 0.5) is 10.2 Å². The minimum absolute atomic E-state index is 0.0799. The SMILES string of the molecule is O=C(O)c1ccc(-c2ccc(F)cc2)nc1N1CCC[C@H](CO)C1. The van der Waals surface area contributed by atoms with Gasteiger partial charge < -0.3 is 15.1 Å². The monoisotopic (exact) mass is 330 g/mol. The van der Waals surface area contributed by atoms with Gasteiger partial charge in [-0.05, 0) is 55.2 Å². The fourth-order valence-corrected chi connectivity index (χ4v) is 3.04. The van der Waals surface area contributed by atoms with Crippen molar-refractivity contribution in [2.24, 2.45) is 5.92 Å². The third kappa shape index (κ3) is 3.38. The quantitative estimate of drug-likeness (QED) is 0.902. The molecular formula is C18H19FN2O3. The van der Waals surface area contributed by atoms with E-state index in [-0.39, 0.29) is 23.9 Å². The number of piperidine rings is 1. The number of halogens is 1. The molecule has 1 aromatic carbocycles. The van der Waals surface area contributed by atoms with Crippen LogP contribution in [0.5, 0.6) is 0 Å². The first-order chi connectivity index (χ1) is 11.6. The highest BCUT2D eigenvalue weighted by molar-refractivity contribution is 5.94. The molecule has 0 unspecified atom stereocenters. The largest absolute Gasteiger partial charge is 0.478 e. The van der Waals surface area contributed by atoms with Crippen LogP contribution in [0.15, 0.2) is 36.4 Å². The number of pyridine rings is 1. The Morgan fingerprint density at radius 3 is 2.67 bits per heavy atom. The number of aromatic nitrogens is 1. The van der Waals surface area contributed by atoms with Gasteiger partial charge in [0.25, 0.3) is 0 Å². The molecule has 1 fully saturated rings. The molecule has 5 nitrogen and oxygen atoms in total. The number of aromatic carboxylic acids is 1. The van der Waals surface area contributed by atoms with Crippen molar-refractivity contribution in [3.8, 4) is 11.3 Å². The number of benzene rings is 1. The van der Waals surface area contributed by atoms with Crippen molar-refractivity contribution in [1.82, 2.24) is 4.98 Å². The van der Waals surface area contributed by atoms with E-state index in [1.165, 1.54) is 18.2 Å². The minimum Gasteiger partial charge on any atom is -0.478 e. The van der Waals surface area contributed by atoms with Gasteiger partial charge >= 0.3 is 5.97 Å². The van der Waals surface area contributed by atoms with Gasteiger partial charge in [0, 0.05) is 25.3 Å². The highest BCUT2D eigenvalue weighted by Crippen LogP contribution is 2.28. The van der Waals surface area contributed by atoms with E-state index in [2.05, 4.69) is 4.98 Å². The number of carboxylic acid groups (broad SMARTS) is 1. The highest BCUT2D eigenvalue weighted by Gasteiger charge is 2.24. The van der Waals surface area contributed by atoms with Crippen LogP contribution in [0.3, 0.4) is 0 Å². The van der Waals surface area contributed by atoms with E-state index in [9.17, 15) is 19.4 Å². The average Bonchev–Trinajstić information content (AvgIpc) is 2.62. The Kier molecular flexibility index (Phi) is 4.76. The van der Waals surface area contributed by atoms with Crippen molar-refractivity contribution >= 4 is 11.8 Å². The van der Waals surface area contributed by atoms with E-state index in [0.717, 1.165) is 18.4 Å². The van der Waals surface area contributed by atoms with E-state index in [4.69, 9.17) is 0 Å². The van der Waals surface area contributed by atoms with Gasteiger partial charge in [-0.1, -0.05) is 0 Å². The molecule has 2 heterocycles. The van der Waals surface area contributed by atoms with Crippen LogP contribution in [0.25, 0.3) is 11.3 Å². The maximum Gasteiger partial charge on any atom is 0.339 e. The molecule has 0 radical (unpaired) electrons. The zero-order valence-corrected chi connectivity index (χ0v) is 13.2. The summed E-state index contributed by atoms with van der Waals surface area (Å²) in [5, 5.41) is 18.8. The maximum atomic E-state index is 13.1. The number of anilines is 1. The van der Waals surface area contributed by atoms with Crippen LogP contribution in [-0.4, -0.2) is 40.9 Å². The Morgan fingerprint density at radius 1 is 1.25 bits per heavy atom. The van der Waals surface area contributed by atoms with E-state index in [0.29, 0.717) is 24.6 Å². The second-order valence-corrected chi connectivity index (χ2v) is 6.02. The van der Waals surface area contributed by atoms with Gasteiger partial charge in [0.1, 0.15) is 17.2 Å². The van der Waals surface area contributed by atoms with Crippen LogP contribution in [-0.2, 0) is 0 Å². The van der Waals surface area contributed by atoms with Gasteiger partial charge in [-0.15, -0.1) is 0 Å². The standard InChI is InChI=1S/C18H19FN2O3/c19-14-5-3-13(4-6-14)16-8-7-15(18(23)24)17(20-16)21-9-1-2-12(10-21)11-22/h3-8,12,22H,1-2,9-11H2,(H,23,24)/t12-/m0/s1. The van der Waals surface area contributed by atoms with Crippen molar-refractivity contribution in [3.63, 3.8) is 0 Å². The lowest BCUT2D eigenvalue weighted by Crippen LogP contribution is -2.38. The third-order valence-corrected chi connectivity index (χ3v) is 4.32. The predicted molar refractivity (Wildman–Crippen MR) is 88.6 cm³/mol. The molecule has 0 aliphatic carbocycles. The van der Waals surface area contributed by atoms with Crippen LogP contribution >= 0.6 is 0 Å². The summed E-state index contributed by atoms with van der Waals surface area (Å²) >= 11 is 0. The molecule has 24 heavy (non-hydrogen) atoms. The van der Waals surface area contributed by atoms with Crippen molar-refractivity contribution in [3.05, 3.63) is 47.8 Å². The summed E-state index contributed by atoms with van der Waals surface area (Å²) in [6.45, 7) is 1.36. The van der Waals surface area contributed by atoms with Crippen molar-refractivity contribution in [1.29, 1.82) is 0 Å². The fraction of sp³-hybridized carbons (Fsp3) is 0.333. The van der Waals surface area contributed by atoms with Crippen molar-refractivity contribution in [2.75, 3.05) is 24.6 Å². The van der Waals surface area contributed by atoms with E-state index in [1.807, 2.05) is 4.90 Å². The molecule has 0 bridgehead atoms. The molecule has 0 saturated carbocycles. The summed E-state index contributed by atoms with van der Waals surface area (Å²) in [4.78, 5) is 18.0. The Balaban J connectivity index is 2.00. The molecule has 6 heteroatoms. The molecule has 0 amide bonds. The molecule has 1 saturated heterocycles. The number of aliphatic hydroxyl groups excluding tert-OH is 1. The lowest BCUT2D eigenvalue weighted by atomic mass is 9.98. The number of carboxylic acids is 1. The van der Waals surface area contributed by atoms with Crippen molar-refractivity contribution in [2.45, 2.75) is 12.8 Å². The van der Waals surface area contributed by atoms with Gasteiger partial charge in [-0.2, -0.15) is 0 Å². The molecule has 3 rings (SSSR count). The van der Waals surface area contributed by atoms with Gasteiger partial charge in [0.15, 0.2) is 0 Å². The average molecular weight is 330 g/mol. The normalized spacial score (nSPS) is 17.8. The van der Waals surface area contributed by atoms with Crippen molar-refractivity contribution < 1.29 is 19.4 Å². The highest BCUT2D eigenvalue weighted by atomic mass is 19.1. The molecule has 1 aliphatic rings. The first-order valence-electron chi connectivity index (χ1n) is 7.94. The van der Waals surface area contributed by atoms with Crippen LogP contribution in [0, 0.1) is 11.7 Å². The topological polar surface area (TPSA) is 73.7 Å². The number of hydrogen-bond acceptors (Lipinski definition) is 4. The zero-order valence-electron chi connectivity index (χ0n) is 13.2. The predicted octanol–water partition coefficient (Wildman–Crippen LogP) is 2.79. The first kappa shape index (κ1) is 16.4. The summed E-state index contributed by atoms with van der Waals surface area (Å²) in [6.07, 6.45) is 1.81. The lowest BCUT2D eigenvalue weighted by molar-refractivity contribution is 0.0697. The minimum atomic E-state index is -1.03. The third-order valence-electron chi connectivity index (χ3n) is 4.32. The Bertz CT molecular complexity index is 734. The smallest absolute Gasteiger partial charge is 0.339 e. The first-order valence-corrected chi connectivity index (χ1v) is 7.94. The summed E-state index contributed by atoms with van der Waals surface area (Å²) in [7, 11) is 0. The molecule has 2 N–H and O–H groups in total. The van der Waals surface area contributed by atoms with E-state index >= 15 is 0 Å².